The summed E-state index contributed by atoms with van der Waals surface area (Å²) in [5, 5.41) is 12.6. The SMILES string of the molecule is O=C1NC(O)N(CCC2=CCCCC2)C(=O)/C1=C/c1cnc(-c2ccccc2)nc1. The van der Waals surface area contributed by atoms with Crippen LogP contribution in [0.15, 0.2) is 59.9 Å². The van der Waals surface area contributed by atoms with Crippen LogP contribution in [0.2, 0.25) is 0 Å². The van der Waals surface area contributed by atoms with Crippen LogP contribution in [0.3, 0.4) is 0 Å². The molecule has 2 heterocycles. The van der Waals surface area contributed by atoms with Crippen molar-refractivity contribution < 1.29 is 14.7 Å². The number of aromatic nitrogens is 2. The molecular weight excluding hydrogens is 380 g/mol. The first-order chi connectivity index (χ1) is 14.6. The molecular formula is C23H24N4O3. The Bertz CT molecular complexity index is 983. The van der Waals surface area contributed by atoms with E-state index in [4.69, 9.17) is 0 Å². The molecule has 7 nitrogen and oxygen atoms in total. The summed E-state index contributed by atoms with van der Waals surface area (Å²) < 4.78 is 0. The fourth-order valence-electron chi connectivity index (χ4n) is 3.70. The molecule has 7 heteroatoms. The molecule has 0 spiro atoms. The maximum absolute atomic E-state index is 12.9. The average molecular weight is 404 g/mol. The van der Waals surface area contributed by atoms with Gasteiger partial charge in [0.05, 0.1) is 0 Å². The molecule has 1 saturated heterocycles. The number of hydrogen-bond acceptors (Lipinski definition) is 5. The van der Waals surface area contributed by atoms with Crippen LogP contribution in [0.25, 0.3) is 17.5 Å². The average Bonchev–Trinajstić information content (AvgIpc) is 2.78. The smallest absolute Gasteiger partial charge is 0.262 e. The lowest BCUT2D eigenvalue weighted by atomic mass is 9.97. The van der Waals surface area contributed by atoms with Crippen LogP contribution < -0.4 is 5.32 Å². The van der Waals surface area contributed by atoms with E-state index in [1.807, 2.05) is 30.3 Å². The minimum atomic E-state index is -1.32. The maximum atomic E-state index is 12.9. The van der Waals surface area contributed by atoms with E-state index in [1.54, 1.807) is 12.4 Å². The van der Waals surface area contributed by atoms with Crippen molar-refractivity contribution in [2.45, 2.75) is 38.5 Å². The van der Waals surface area contributed by atoms with Crippen molar-refractivity contribution >= 4 is 17.9 Å². The number of carbonyl (C=O) groups is 2. The molecule has 1 aromatic heterocycles. The molecule has 1 aliphatic heterocycles. The van der Waals surface area contributed by atoms with Crippen molar-refractivity contribution in [1.82, 2.24) is 20.2 Å². The Morgan fingerprint density at radius 2 is 1.90 bits per heavy atom. The van der Waals surface area contributed by atoms with Crippen LogP contribution in [-0.4, -0.2) is 44.7 Å². The van der Waals surface area contributed by atoms with E-state index in [0.29, 0.717) is 24.4 Å². The van der Waals surface area contributed by atoms with Crippen molar-refractivity contribution in [3.8, 4) is 11.4 Å². The molecule has 0 bridgehead atoms. The zero-order valence-electron chi connectivity index (χ0n) is 16.6. The fraction of sp³-hybridized carbons (Fsp3) is 0.304. The lowest BCUT2D eigenvalue weighted by Gasteiger charge is -2.33. The van der Waals surface area contributed by atoms with Crippen LogP contribution in [0, 0.1) is 0 Å². The first kappa shape index (κ1) is 20.0. The number of rotatable bonds is 5. The number of amides is 2. The predicted octanol–water partition coefficient (Wildman–Crippen LogP) is 2.65. The molecule has 30 heavy (non-hydrogen) atoms. The normalized spacial score (nSPS) is 20.8. The van der Waals surface area contributed by atoms with Gasteiger partial charge in [0.1, 0.15) is 5.57 Å². The number of hydrogen-bond donors (Lipinski definition) is 2. The van der Waals surface area contributed by atoms with Crippen LogP contribution in [0.4, 0.5) is 0 Å². The quantitative estimate of drug-likeness (QED) is 0.454. The second-order valence-corrected chi connectivity index (χ2v) is 7.47. The molecule has 0 saturated carbocycles. The molecule has 1 unspecified atom stereocenters. The molecule has 4 rings (SSSR count). The summed E-state index contributed by atoms with van der Waals surface area (Å²) in [5.74, 6) is -0.530. The van der Waals surface area contributed by atoms with Gasteiger partial charge in [0.15, 0.2) is 5.82 Å². The number of aliphatic hydroxyl groups is 1. The third-order valence-corrected chi connectivity index (χ3v) is 5.36. The van der Waals surface area contributed by atoms with Gasteiger partial charge in [-0.05, 0) is 38.2 Å². The fourth-order valence-corrected chi connectivity index (χ4v) is 3.70. The maximum Gasteiger partial charge on any atom is 0.262 e. The first-order valence-corrected chi connectivity index (χ1v) is 10.2. The van der Waals surface area contributed by atoms with Gasteiger partial charge in [-0.2, -0.15) is 0 Å². The first-order valence-electron chi connectivity index (χ1n) is 10.2. The number of aliphatic hydroxyl groups excluding tert-OH is 1. The van der Waals surface area contributed by atoms with Gasteiger partial charge in [-0.15, -0.1) is 0 Å². The predicted molar refractivity (Wildman–Crippen MR) is 112 cm³/mol. The molecule has 1 aliphatic carbocycles. The van der Waals surface area contributed by atoms with E-state index in [0.717, 1.165) is 24.8 Å². The molecule has 0 radical (unpaired) electrons. The van der Waals surface area contributed by atoms with E-state index < -0.39 is 18.2 Å². The van der Waals surface area contributed by atoms with Gasteiger partial charge in [0.2, 0.25) is 6.35 Å². The Morgan fingerprint density at radius 3 is 2.60 bits per heavy atom. The molecule has 2 aliphatic rings. The summed E-state index contributed by atoms with van der Waals surface area (Å²) in [6.45, 7) is 0.354. The molecule has 2 amide bonds. The van der Waals surface area contributed by atoms with E-state index in [-0.39, 0.29) is 5.57 Å². The number of benzene rings is 1. The van der Waals surface area contributed by atoms with Crippen molar-refractivity contribution in [2.75, 3.05) is 6.54 Å². The van der Waals surface area contributed by atoms with Crippen molar-refractivity contribution in [2.24, 2.45) is 0 Å². The van der Waals surface area contributed by atoms with Gasteiger partial charge in [-0.3, -0.25) is 14.5 Å². The Balaban J connectivity index is 1.50. The molecule has 2 N–H and O–H groups in total. The van der Waals surface area contributed by atoms with Gasteiger partial charge >= 0.3 is 0 Å². The van der Waals surface area contributed by atoms with Gasteiger partial charge in [-0.25, -0.2) is 9.97 Å². The number of nitrogens with one attached hydrogen (secondary N) is 1. The number of allylic oxidation sites excluding steroid dienone is 1. The Labute approximate surface area is 175 Å². The zero-order chi connectivity index (χ0) is 20.9. The highest BCUT2D eigenvalue weighted by Gasteiger charge is 2.35. The summed E-state index contributed by atoms with van der Waals surface area (Å²) >= 11 is 0. The lowest BCUT2D eigenvalue weighted by molar-refractivity contribution is -0.149. The third kappa shape index (κ3) is 4.46. The van der Waals surface area contributed by atoms with Gasteiger partial charge in [0, 0.05) is 30.1 Å². The number of nitrogens with zero attached hydrogens (tertiary/aromatic N) is 3. The molecule has 154 valence electrons. The van der Waals surface area contributed by atoms with Crippen LogP contribution in [0.1, 0.15) is 37.7 Å². The minimum absolute atomic E-state index is 0.0333. The van der Waals surface area contributed by atoms with Gasteiger partial charge in [-0.1, -0.05) is 42.0 Å². The Kier molecular flexibility index (Phi) is 5.99. The molecule has 2 aromatic rings. The Hall–Kier alpha value is -3.32. The van der Waals surface area contributed by atoms with E-state index in [9.17, 15) is 14.7 Å². The summed E-state index contributed by atoms with van der Waals surface area (Å²) in [6.07, 6.45) is 10.6. The van der Waals surface area contributed by atoms with Crippen LogP contribution in [-0.2, 0) is 9.59 Å². The summed E-state index contributed by atoms with van der Waals surface area (Å²) in [4.78, 5) is 35.2. The van der Waals surface area contributed by atoms with E-state index >= 15 is 0 Å². The lowest BCUT2D eigenvalue weighted by Crippen LogP contribution is -2.58. The monoisotopic (exact) mass is 404 g/mol. The highest BCUT2D eigenvalue weighted by Crippen LogP contribution is 2.22. The number of carbonyl (C=O) groups excluding carboxylic acids is 2. The van der Waals surface area contributed by atoms with Crippen molar-refractivity contribution in [3.05, 3.63) is 65.5 Å². The summed E-state index contributed by atoms with van der Waals surface area (Å²) in [7, 11) is 0. The largest absolute Gasteiger partial charge is 0.356 e. The molecule has 1 fully saturated rings. The van der Waals surface area contributed by atoms with E-state index in [1.165, 1.54) is 23.0 Å². The highest BCUT2D eigenvalue weighted by molar-refractivity contribution is 6.23. The minimum Gasteiger partial charge on any atom is -0.356 e. The van der Waals surface area contributed by atoms with E-state index in [2.05, 4.69) is 21.4 Å². The van der Waals surface area contributed by atoms with Crippen LogP contribution in [0.5, 0.6) is 0 Å². The van der Waals surface area contributed by atoms with Crippen molar-refractivity contribution in [1.29, 1.82) is 0 Å². The highest BCUT2D eigenvalue weighted by atomic mass is 16.3. The second kappa shape index (κ2) is 9.00. The standard InChI is InChI=1S/C23H24N4O3/c28-21-19(13-17-14-24-20(25-15-17)18-9-5-2-6-10-18)22(29)27(23(30)26-21)12-11-16-7-3-1-4-8-16/h2,5-7,9-10,13-15,23,30H,1,3-4,8,11-12H2,(H,26,28)/b19-13+. The summed E-state index contributed by atoms with van der Waals surface area (Å²) in [5.41, 5.74) is 2.69. The Morgan fingerprint density at radius 1 is 1.13 bits per heavy atom. The second-order valence-electron chi connectivity index (χ2n) is 7.47. The summed E-state index contributed by atoms with van der Waals surface area (Å²) in [6, 6.07) is 9.55. The molecule has 1 atom stereocenters. The van der Waals surface area contributed by atoms with Crippen LogP contribution >= 0.6 is 0 Å². The van der Waals surface area contributed by atoms with Gasteiger partial charge < -0.3 is 10.4 Å². The zero-order valence-corrected chi connectivity index (χ0v) is 16.6. The molecule has 1 aromatic carbocycles. The third-order valence-electron chi connectivity index (χ3n) is 5.36. The van der Waals surface area contributed by atoms with Crippen molar-refractivity contribution in [3.63, 3.8) is 0 Å². The topological polar surface area (TPSA) is 95.4 Å². The van der Waals surface area contributed by atoms with Gasteiger partial charge in [0.25, 0.3) is 11.8 Å².